The molecule has 0 bridgehead atoms. The third kappa shape index (κ3) is 4.64. The Morgan fingerprint density at radius 2 is 1.70 bits per heavy atom. The Kier molecular flexibility index (Phi) is 5.41. The third-order valence-electron chi connectivity index (χ3n) is 4.29. The molecule has 1 heterocycles. The molecule has 27 heavy (non-hydrogen) atoms. The van der Waals surface area contributed by atoms with Gasteiger partial charge < -0.3 is 14.5 Å². The van der Waals surface area contributed by atoms with Gasteiger partial charge in [-0.1, -0.05) is 6.07 Å². The van der Waals surface area contributed by atoms with E-state index in [-0.39, 0.29) is 24.1 Å². The molecule has 1 aromatic heterocycles. The maximum absolute atomic E-state index is 12.3. The first-order chi connectivity index (χ1) is 12.9. The van der Waals surface area contributed by atoms with Crippen molar-refractivity contribution in [2.45, 2.75) is 27.4 Å². The molecule has 3 aromatic rings. The molecule has 0 saturated heterocycles. The van der Waals surface area contributed by atoms with Crippen LogP contribution in [0, 0.1) is 13.8 Å². The van der Waals surface area contributed by atoms with Crippen molar-refractivity contribution in [1.82, 2.24) is 0 Å². The molecular formula is C22H21NO4. The minimum atomic E-state index is -0.358. The van der Waals surface area contributed by atoms with E-state index in [1.807, 2.05) is 32.0 Å². The largest absolute Gasteiger partial charge is 0.486 e. The number of hydrogen-bond donors (Lipinski definition) is 1. The summed E-state index contributed by atoms with van der Waals surface area (Å²) in [6.07, 6.45) is 0. The monoisotopic (exact) mass is 363 g/mol. The number of aryl methyl sites for hydroxylation is 2. The molecule has 0 fully saturated rings. The highest BCUT2D eigenvalue weighted by atomic mass is 16.5. The van der Waals surface area contributed by atoms with Crippen LogP contribution >= 0.6 is 0 Å². The van der Waals surface area contributed by atoms with Crippen molar-refractivity contribution in [2.24, 2.45) is 0 Å². The first kappa shape index (κ1) is 18.5. The number of nitrogens with one attached hydrogen (secondary N) is 1. The van der Waals surface area contributed by atoms with Gasteiger partial charge in [-0.25, -0.2) is 0 Å². The molecule has 1 N–H and O–H groups in total. The van der Waals surface area contributed by atoms with Crippen molar-refractivity contribution >= 4 is 17.4 Å². The summed E-state index contributed by atoms with van der Waals surface area (Å²) in [6, 6.07) is 15.9. The van der Waals surface area contributed by atoms with E-state index in [2.05, 4.69) is 5.32 Å². The third-order valence-corrected chi connectivity index (χ3v) is 4.29. The molecule has 5 heteroatoms. The van der Waals surface area contributed by atoms with Crippen LogP contribution in [0.15, 0.2) is 59.0 Å². The number of rotatable bonds is 6. The number of ketones is 1. The van der Waals surface area contributed by atoms with E-state index < -0.39 is 0 Å². The fourth-order valence-electron chi connectivity index (χ4n) is 2.52. The Morgan fingerprint density at radius 3 is 2.37 bits per heavy atom. The zero-order valence-electron chi connectivity index (χ0n) is 15.5. The molecule has 0 aliphatic carbocycles. The van der Waals surface area contributed by atoms with E-state index in [1.165, 1.54) is 12.5 Å². The van der Waals surface area contributed by atoms with Crippen LogP contribution in [0.5, 0.6) is 5.75 Å². The van der Waals surface area contributed by atoms with Crippen molar-refractivity contribution in [2.75, 3.05) is 5.32 Å². The number of carbonyl (C=O) groups is 2. The highest BCUT2D eigenvalue weighted by Crippen LogP contribution is 2.19. The first-order valence-corrected chi connectivity index (χ1v) is 8.63. The van der Waals surface area contributed by atoms with Crippen molar-refractivity contribution < 1.29 is 18.7 Å². The zero-order valence-corrected chi connectivity index (χ0v) is 15.5. The van der Waals surface area contributed by atoms with Gasteiger partial charge in [-0.3, -0.25) is 9.59 Å². The van der Waals surface area contributed by atoms with E-state index in [9.17, 15) is 9.59 Å². The van der Waals surface area contributed by atoms with Crippen LogP contribution in [0.2, 0.25) is 0 Å². The van der Waals surface area contributed by atoms with Crippen LogP contribution in [0.3, 0.4) is 0 Å². The Labute approximate surface area is 158 Å². The lowest BCUT2D eigenvalue weighted by Crippen LogP contribution is -2.11. The Hall–Kier alpha value is -3.34. The summed E-state index contributed by atoms with van der Waals surface area (Å²) in [5.41, 5.74) is 3.55. The summed E-state index contributed by atoms with van der Waals surface area (Å²) in [7, 11) is 0. The number of Topliss-reactive ketones (excluding diaryl/α,β-unsaturated/α-hetero) is 1. The van der Waals surface area contributed by atoms with Gasteiger partial charge in [-0.15, -0.1) is 0 Å². The van der Waals surface area contributed by atoms with Gasteiger partial charge in [0.05, 0.1) is 0 Å². The van der Waals surface area contributed by atoms with Crippen molar-refractivity contribution in [1.29, 1.82) is 0 Å². The van der Waals surface area contributed by atoms with Crippen LogP contribution in [0.4, 0.5) is 5.69 Å². The van der Waals surface area contributed by atoms with Crippen molar-refractivity contribution in [3.8, 4) is 5.75 Å². The Bertz CT molecular complexity index is 970. The lowest BCUT2D eigenvalue weighted by Gasteiger charge is -2.07. The van der Waals surface area contributed by atoms with E-state index >= 15 is 0 Å². The fraction of sp³-hybridized carbons (Fsp3) is 0.182. The molecule has 5 nitrogen and oxygen atoms in total. The number of ether oxygens (including phenoxy) is 1. The predicted octanol–water partition coefficient (Wildman–Crippen LogP) is 4.93. The topological polar surface area (TPSA) is 68.5 Å². The van der Waals surface area contributed by atoms with Crippen molar-refractivity contribution in [3.63, 3.8) is 0 Å². The van der Waals surface area contributed by atoms with Crippen LogP contribution in [-0.2, 0) is 6.61 Å². The van der Waals surface area contributed by atoms with E-state index in [1.54, 1.807) is 36.4 Å². The summed E-state index contributed by atoms with van der Waals surface area (Å²) in [4.78, 5) is 23.6. The average Bonchev–Trinajstić information content (AvgIpc) is 3.12. The predicted molar refractivity (Wildman–Crippen MR) is 103 cm³/mol. The van der Waals surface area contributed by atoms with Crippen LogP contribution in [0.25, 0.3) is 0 Å². The number of anilines is 1. The summed E-state index contributed by atoms with van der Waals surface area (Å²) in [5, 5.41) is 2.74. The molecule has 0 aliphatic heterocycles. The first-order valence-electron chi connectivity index (χ1n) is 8.63. The quantitative estimate of drug-likeness (QED) is 0.631. The fourth-order valence-corrected chi connectivity index (χ4v) is 2.52. The standard InChI is InChI=1S/C22H21NO4/c1-14-4-9-19(12-15(14)2)26-13-20-10-11-21(27-20)22(25)23-18-7-5-17(6-8-18)16(3)24/h4-12H,13H2,1-3H3,(H,23,25). The van der Waals surface area contributed by atoms with Gasteiger partial charge in [0.25, 0.3) is 5.91 Å². The molecule has 1 amide bonds. The second kappa shape index (κ2) is 7.91. The van der Waals surface area contributed by atoms with Gasteiger partial charge in [0.1, 0.15) is 18.1 Å². The molecule has 0 saturated carbocycles. The normalized spacial score (nSPS) is 10.5. The van der Waals surface area contributed by atoms with Crippen LogP contribution in [-0.4, -0.2) is 11.7 Å². The van der Waals surface area contributed by atoms with E-state index in [4.69, 9.17) is 9.15 Å². The number of amides is 1. The van der Waals surface area contributed by atoms with Crippen LogP contribution in [0.1, 0.15) is 44.7 Å². The molecule has 0 aliphatic rings. The zero-order chi connectivity index (χ0) is 19.4. The average molecular weight is 363 g/mol. The molecule has 0 spiro atoms. The maximum atomic E-state index is 12.3. The SMILES string of the molecule is CC(=O)c1ccc(NC(=O)c2ccc(COc3ccc(C)c(C)c3)o2)cc1. The molecule has 0 radical (unpaired) electrons. The Balaban J connectivity index is 1.59. The highest BCUT2D eigenvalue weighted by molar-refractivity contribution is 6.02. The summed E-state index contributed by atoms with van der Waals surface area (Å²) in [5.74, 6) is 1.14. The number of benzene rings is 2. The number of furan rings is 1. The minimum Gasteiger partial charge on any atom is -0.486 e. The smallest absolute Gasteiger partial charge is 0.291 e. The molecule has 0 atom stereocenters. The van der Waals surface area contributed by atoms with Gasteiger partial charge in [0.2, 0.25) is 0 Å². The lowest BCUT2D eigenvalue weighted by atomic mass is 10.1. The summed E-state index contributed by atoms with van der Waals surface area (Å²) >= 11 is 0. The molecule has 138 valence electrons. The Morgan fingerprint density at radius 1 is 0.963 bits per heavy atom. The maximum Gasteiger partial charge on any atom is 0.291 e. The lowest BCUT2D eigenvalue weighted by molar-refractivity contribution is 0.0990. The molecule has 2 aromatic carbocycles. The minimum absolute atomic E-state index is 0.0210. The van der Waals surface area contributed by atoms with Crippen molar-refractivity contribution in [3.05, 3.63) is 82.8 Å². The number of hydrogen-bond acceptors (Lipinski definition) is 4. The molecular weight excluding hydrogens is 342 g/mol. The summed E-state index contributed by atoms with van der Waals surface area (Å²) < 4.78 is 11.3. The second-order valence-electron chi connectivity index (χ2n) is 6.39. The second-order valence-corrected chi connectivity index (χ2v) is 6.39. The number of carbonyl (C=O) groups excluding carboxylic acids is 2. The van der Waals surface area contributed by atoms with Crippen LogP contribution < -0.4 is 10.1 Å². The van der Waals surface area contributed by atoms with E-state index in [0.717, 1.165) is 11.3 Å². The van der Waals surface area contributed by atoms with Gasteiger partial charge >= 0.3 is 0 Å². The van der Waals surface area contributed by atoms with Gasteiger partial charge in [0.15, 0.2) is 11.5 Å². The van der Waals surface area contributed by atoms with E-state index in [0.29, 0.717) is 17.0 Å². The van der Waals surface area contributed by atoms with Gasteiger partial charge in [0, 0.05) is 11.3 Å². The highest BCUT2D eigenvalue weighted by Gasteiger charge is 2.12. The van der Waals surface area contributed by atoms with Gasteiger partial charge in [-0.05, 0) is 80.4 Å². The molecule has 3 rings (SSSR count). The molecule has 0 unspecified atom stereocenters. The summed E-state index contributed by atoms with van der Waals surface area (Å²) in [6.45, 7) is 5.81. The van der Waals surface area contributed by atoms with Gasteiger partial charge in [-0.2, -0.15) is 0 Å².